The number of aromatic amines is 1. The SMILES string of the molecule is CC(C)Oc1c(-c2cn[nH]c2)ncn2nc(Nc3ccc(S(=O)(=O)N(C)CCCN4C5CC4CN(c4ccc6c(c4)n(C)c(=O)n6C4CCC(=O)NC4=O)C5)cc3F)nc12. The van der Waals surface area contributed by atoms with E-state index in [1.54, 1.807) is 24.0 Å². The summed E-state index contributed by atoms with van der Waals surface area (Å²) in [6, 6.07) is 9.35. The molecule has 3 unspecified atom stereocenters. The summed E-state index contributed by atoms with van der Waals surface area (Å²) in [4.78, 5) is 51.1. The average molecular weight is 842 g/mol. The fourth-order valence-corrected chi connectivity index (χ4v) is 9.74. The molecule has 6 aromatic rings. The Balaban J connectivity index is 0.811. The molecule has 4 aliphatic rings. The van der Waals surface area contributed by atoms with Crippen LogP contribution in [0.4, 0.5) is 21.7 Å². The van der Waals surface area contributed by atoms with Crippen LogP contribution in [-0.4, -0.2) is 120 Å². The second-order valence-electron chi connectivity index (χ2n) is 15.8. The molecule has 2 aromatic carbocycles. The fourth-order valence-electron chi connectivity index (χ4n) is 8.51. The van der Waals surface area contributed by atoms with Crippen LogP contribution in [0.15, 0.2) is 64.8 Å². The average Bonchev–Trinajstić information content (AvgIpc) is 3.96. The van der Waals surface area contributed by atoms with Gasteiger partial charge in [-0.1, -0.05) is 0 Å². The van der Waals surface area contributed by atoms with Crippen molar-refractivity contribution in [2.45, 2.75) is 68.7 Å². The number of aryl methyl sites for hydroxylation is 1. The number of ether oxygens (including phenoxy) is 1. The molecule has 10 rings (SSSR count). The number of carbonyl (C=O) groups excluding carboxylic acids is 2. The molecule has 4 aromatic heterocycles. The van der Waals surface area contributed by atoms with E-state index in [4.69, 9.17) is 4.74 Å². The van der Waals surface area contributed by atoms with E-state index in [2.05, 4.69) is 45.7 Å². The molecule has 3 N–H and O–H groups in total. The van der Waals surface area contributed by atoms with Crippen molar-refractivity contribution >= 4 is 55.8 Å². The molecule has 4 fully saturated rings. The lowest BCUT2D eigenvalue weighted by Gasteiger charge is -2.57. The molecule has 60 heavy (non-hydrogen) atoms. The Bertz CT molecular complexity index is 2810. The van der Waals surface area contributed by atoms with Crippen LogP contribution in [0.2, 0.25) is 0 Å². The van der Waals surface area contributed by atoms with Crippen molar-refractivity contribution in [2.75, 3.05) is 43.4 Å². The third-order valence-corrected chi connectivity index (χ3v) is 13.4. The summed E-state index contributed by atoms with van der Waals surface area (Å²) in [7, 11) is -0.810. The summed E-state index contributed by atoms with van der Waals surface area (Å²) in [5, 5.41) is 16.3. The minimum atomic E-state index is -3.99. The minimum absolute atomic E-state index is 0.00480. The molecule has 2 amide bonds. The molecular formula is C39H44FN13O6S. The highest BCUT2D eigenvalue weighted by Gasteiger charge is 2.44. The predicted octanol–water partition coefficient (Wildman–Crippen LogP) is 2.79. The number of nitrogens with zero attached hydrogens (tertiary/aromatic N) is 10. The smallest absolute Gasteiger partial charge is 0.329 e. The van der Waals surface area contributed by atoms with Gasteiger partial charge >= 0.3 is 5.69 Å². The zero-order valence-corrected chi connectivity index (χ0v) is 34.2. The third kappa shape index (κ3) is 6.94. The largest absolute Gasteiger partial charge is 0.485 e. The number of H-pyrrole nitrogens is 1. The van der Waals surface area contributed by atoms with Crippen molar-refractivity contribution in [2.24, 2.45) is 7.05 Å². The zero-order valence-electron chi connectivity index (χ0n) is 33.4. The van der Waals surface area contributed by atoms with E-state index in [9.17, 15) is 22.8 Å². The predicted molar refractivity (Wildman–Crippen MR) is 218 cm³/mol. The first-order valence-electron chi connectivity index (χ1n) is 19.8. The van der Waals surface area contributed by atoms with E-state index in [0.717, 1.165) is 31.3 Å². The lowest BCUT2D eigenvalue weighted by atomic mass is 9.87. The van der Waals surface area contributed by atoms with Gasteiger partial charge in [0.1, 0.15) is 23.9 Å². The number of rotatable bonds is 13. The first-order valence-corrected chi connectivity index (χ1v) is 21.2. The van der Waals surface area contributed by atoms with E-state index >= 15 is 4.39 Å². The molecule has 2 bridgehead atoms. The maximum atomic E-state index is 15.5. The van der Waals surface area contributed by atoms with Crippen LogP contribution in [0.3, 0.4) is 0 Å². The van der Waals surface area contributed by atoms with Crippen LogP contribution in [-0.2, 0) is 26.7 Å². The number of halogens is 1. The molecule has 0 aliphatic carbocycles. The summed E-state index contributed by atoms with van der Waals surface area (Å²) in [6.07, 6.45) is 6.64. The number of anilines is 3. The van der Waals surface area contributed by atoms with Crippen LogP contribution in [0, 0.1) is 5.82 Å². The van der Waals surface area contributed by atoms with Crippen LogP contribution in [0.5, 0.6) is 5.75 Å². The number of carbonyl (C=O) groups is 2. The molecular weight excluding hydrogens is 798 g/mol. The lowest BCUT2D eigenvalue weighted by molar-refractivity contribution is -0.135. The Hall–Kier alpha value is -6.19. The number of benzene rings is 2. The maximum absolute atomic E-state index is 15.5. The first-order chi connectivity index (χ1) is 28.8. The molecule has 4 aliphatic heterocycles. The normalized spacial score (nSPS) is 19.7. The standard InChI is InChI=1S/C39H44FN13O6S/c1-22(2)59-35-34(23-17-42-43-18-23)41-21-52-36(35)46-38(47-52)44-29-8-7-27(16-28(29)40)60(57,58)48(3)12-5-13-51-25-14-26(51)20-50(19-25)24-6-9-30-32(15-24)49(4)39(56)53(30)31-10-11-33(54)45-37(31)55/h6-9,15-18,21-22,25-26,31H,5,10-14,19-20H2,1-4H3,(H,42,43)(H,44,47)(H,45,54,55). The second kappa shape index (κ2) is 15.1. The molecule has 8 heterocycles. The number of imidazole rings is 1. The van der Waals surface area contributed by atoms with Crippen molar-refractivity contribution in [3.63, 3.8) is 0 Å². The summed E-state index contributed by atoms with van der Waals surface area (Å²) >= 11 is 0. The van der Waals surface area contributed by atoms with Crippen molar-refractivity contribution < 1.29 is 27.1 Å². The molecule has 314 valence electrons. The van der Waals surface area contributed by atoms with Crippen LogP contribution >= 0.6 is 0 Å². The topological polar surface area (TPSA) is 210 Å². The molecule has 0 radical (unpaired) electrons. The highest BCUT2D eigenvalue weighted by Crippen LogP contribution is 2.37. The number of nitrogens with one attached hydrogen (secondary N) is 3. The van der Waals surface area contributed by atoms with Crippen LogP contribution < -0.4 is 26.0 Å². The van der Waals surface area contributed by atoms with Gasteiger partial charge in [0.05, 0.1) is 33.9 Å². The van der Waals surface area contributed by atoms with Gasteiger partial charge in [0.15, 0.2) is 5.75 Å². The lowest BCUT2D eigenvalue weighted by Crippen LogP contribution is -2.69. The summed E-state index contributed by atoms with van der Waals surface area (Å²) in [5.41, 5.74) is 3.57. The van der Waals surface area contributed by atoms with Gasteiger partial charge in [0, 0.05) is 76.2 Å². The molecule has 0 saturated carbocycles. The number of hydrogen-bond donors (Lipinski definition) is 3. The third-order valence-electron chi connectivity index (χ3n) is 11.6. The maximum Gasteiger partial charge on any atom is 0.329 e. The van der Waals surface area contributed by atoms with Gasteiger partial charge in [-0.3, -0.25) is 34.0 Å². The number of sulfonamides is 1. The number of imide groups is 1. The minimum Gasteiger partial charge on any atom is -0.485 e. The van der Waals surface area contributed by atoms with E-state index in [-0.39, 0.29) is 53.6 Å². The van der Waals surface area contributed by atoms with Crippen LogP contribution in [0.25, 0.3) is 27.9 Å². The number of piperidine rings is 2. The molecule has 21 heteroatoms. The van der Waals surface area contributed by atoms with Gasteiger partial charge in [-0.15, -0.1) is 5.10 Å². The Morgan fingerprint density at radius 3 is 2.60 bits per heavy atom. The summed E-state index contributed by atoms with van der Waals surface area (Å²) in [6.45, 7) is 6.25. The van der Waals surface area contributed by atoms with Crippen molar-refractivity contribution in [3.8, 4) is 17.0 Å². The number of aromatic nitrogens is 8. The van der Waals surface area contributed by atoms with E-state index in [1.807, 2.05) is 32.0 Å². The van der Waals surface area contributed by atoms with Crippen molar-refractivity contribution in [3.05, 3.63) is 71.4 Å². The molecule has 4 saturated heterocycles. The molecule has 3 atom stereocenters. The molecule has 19 nitrogen and oxygen atoms in total. The molecule has 0 spiro atoms. The highest BCUT2D eigenvalue weighted by atomic mass is 32.2. The Morgan fingerprint density at radius 1 is 1.08 bits per heavy atom. The van der Waals surface area contributed by atoms with Gasteiger partial charge in [0.25, 0.3) is 0 Å². The first kappa shape index (κ1) is 39.3. The number of fused-ring (bicyclic) bond motifs is 4. The van der Waals surface area contributed by atoms with E-state index in [0.29, 0.717) is 58.7 Å². The van der Waals surface area contributed by atoms with Gasteiger partial charge in [-0.05, 0) is 69.5 Å². The van der Waals surface area contributed by atoms with E-state index < -0.39 is 27.8 Å². The summed E-state index contributed by atoms with van der Waals surface area (Å²) < 4.78 is 54.3. The number of piperazine rings is 1. The van der Waals surface area contributed by atoms with Gasteiger partial charge < -0.3 is 15.0 Å². The van der Waals surface area contributed by atoms with Gasteiger partial charge in [-0.2, -0.15) is 14.6 Å². The van der Waals surface area contributed by atoms with Crippen molar-refractivity contribution in [1.82, 2.24) is 53.4 Å². The number of hydrogen-bond acceptors (Lipinski definition) is 13. The quantitative estimate of drug-likeness (QED) is 0.143. The fraction of sp³-hybridized carbons (Fsp3) is 0.410. The Morgan fingerprint density at radius 2 is 1.88 bits per heavy atom. The van der Waals surface area contributed by atoms with E-state index in [1.165, 1.54) is 38.9 Å². The summed E-state index contributed by atoms with van der Waals surface area (Å²) in [5.74, 6) is -1.14. The van der Waals surface area contributed by atoms with Crippen LogP contribution in [0.1, 0.15) is 45.6 Å². The Labute approximate surface area is 343 Å². The van der Waals surface area contributed by atoms with Gasteiger partial charge in [-0.25, -0.2) is 26.9 Å². The number of amides is 2. The Kier molecular flexibility index (Phi) is 9.90. The highest BCUT2D eigenvalue weighted by molar-refractivity contribution is 7.89. The zero-order chi connectivity index (χ0) is 42.0. The second-order valence-corrected chi connectivity index (χ2v) is 17.8. The monoisotopic (exact) mass is 841 g/mol. The van der Waals surface area contributed by atoms with Gasteiger partial charge in [0.2, 0.25) is 33.4 Å². The van der Waals surface area contributed by atoms with Crippen molar-refractivity contribution in [1.29, 1.82) is 0 Å².